The minimum absolute atomic E-state index is 0.254. The molecule has 2 aromatic rings. The average Bonchev–Trinajstić information content (AvgIpc) is 2.89. The Morgan fingerprint density at radius 1 is 1.24 bits per heavy atom. The number of rotatable bonds is 7. The largest absolute Gasteiger partial charge is 0.399 e. The van der Waals surface area contributed by atoms with Gasteiger partial charge in [0.05, 0.1) is 5.69 Å². The third-order valence-electron chi connectivity index (χ3n) is 3.63. The number of ketones is 1. The molecule has 2 N–H and O–H groups in total. The van der Waals surface area contributed by atoms with Gasteiger partial charge in [-0.05, 0) is 43.5 Å². The Bertz CT molecular complexity index is 599. The van der Waals surface area contributed by atoms with Gasteiger partial charge in [-0.2, -0.15) is 5.10 Å². The average molecular weight is 285 g/mol. The maximum atomic E-state index is 12.2. The molecule has 2 rings (SSSR count). The summed E-state index contributed by atoms with van der Waals surface area (Å²) in [6, 6.07) is 9.76. The molecule has 0 radical (unpaired) electrons. The monoisotopic (exact) mass is 285 g/mol. The highest BCUT2D eigenvalue weighted by Gasteiger charge is 2.10. The van der Waals surface area contributed by atoms with E-state index in [0.717, 1.165) is 42.0 Å². The number of benzene rings is 1. The highest BCUT2D eigenvalue weighted by molar-refractivity contribution is 5.80. The Hall–Kier alpha value is -2.10. The fraction of sp³-hybridized carbons (Fsp3) is 0.412. The number of aryl methyl sites for hydroxylation is 3. The highest BCUT2D eigenvalue weighted by atomic mass is 16.1. The molecule has 0 saturated carbocycles. The maximum absolute atomic E-state index is 12.2. The van der Waals surface area contributed by atoms with Crippen molar-refractivity contribution in [1.82, 2.24) is 9.78 Å². The molecule has 112 valence electrons. The summed E-state index contributed by atoms with van der Waals surface area (Å²) >= 11 is 0. The van der Waals surface area contributed by atoms with Crippen molar-refractivity contribution in [1.29, 1.82) is 0 Å². The van der Waals surface area contributed by atoms with Crippen LogP contribution in [0.5, 0.6) is 0 Å². The molecule has 0 unspecified atom stereocenters. The number of hydrogen-bond donors (Lipinski definition) is 1. The molecule has 0 atom stereocenters. The van der Waals surface area contributed by atoms with Crippen LogP contribution in [0.4, 0.5) is 5.69 Å². The predicted molar refractivity (Wildman–Crippen MR) is 85.2 cm³/mol. The van der Waals surface area contributed by atoms with Gasteiger partial charge in [-0.25, -0.2) is 0 Å². The molecule has 1 heterocycles. The maximum Gasteiger partial charge on any atom is 0.139 e. The first kappa shape index (κ1) is 15.3. The molecule has 0 fully saturated rings. The topological polar surface area (TPSA) is 60.9 Å². The quantitative estimate of drug-likeness (QED) is 0.796. The summed E-state index contributed by atoms with van der Waals surface area (Å²) in [5.74, 6) is 0.254. The van der Waals surface area contributed by atoms with E-state index in [4.69, 9.17) is 5.73 Å². The minimum atomic E-state index is 0.254. The second-order valence-electron chi connectivity index (χ2n) is 5.25. The van der Waals surface area contributed by atoms with Crippen LogP contribution in [0.25, 0.3) is 0 Å². The van der Waals surface area contributed by atoms with Crippen LogP contribution >= 0.6 is 0 Å². The summed E-state index contributed by atoms with van der Waals surface area (Å²) in [6.07, 6.45) is 2.69. The first-order chi connectivity index (χ1) is 10.1. The van der Waals surface area contributed by atoms with Crippen molar-refractivity contribution in [2.75, 3.05) is 5.73 Å². The van der Waals surface area contributed by atoms with E-state index in [9.17, 15) is 4.79 Å². The lowest BCUT2D eigenvalue weighted by atomic mass is 10.0. The molecule has 4 heteroatoms. The van der Waals surface area contributed by atoms with E-state index in [2.05, 4.69) is 18.9 Å². The smallest absolute Gasteiger partial charge is 0.139 e. The third-order valence-corrected chi connectivity index (χ3v) is 3.63. The zero-order chi connectivity index (χ0) is 15.2. The van der Waals surface area contributed by atoms with E-state index >= 15 is 0 Å². The van der Waals surface area contributed by atoms with Crippen LogP contribution in [-0.2, 0) is 30.6 Å². The number of nitrogens with zero attached hydrogens (tertiary/aromatic N) is 2. The Morgan fingerprint density at radius 2 is 1.95 bits per heavy atom. The van der Waals surface area contributed by atoms with E-state index in [1.807, 2.05) is 35.0 Å². The molecular formula is C17H23N3O. The number of anilines is 1. The fourth-order valence-electron chi connectivity index (χ4n) is 2.36. The van der Waals surface area contributed by atoms with Gasteiger partial charge in [0.2, 0.25) is 0 Å². The van der Waals surface area contributed by atoms with E-state index in [0.29, 0.717) is 12.8 Å². The van der Waals surface area contributed by atoms with Gasteiger partial charge in [0.1, 0.15) is 5.78 Å². The molecular weight excluding hydrogens is 262 g/mol. The first-order valence-corrected chi connectivity index (χ1v) is 7.54. The van der Waals surface area contributed by atoms with E-state index in [-0.39, 0.29) is 5.78 Å². The standard InChI is InChI=1S/C17H23N3O/c1-3-15-11-16(20(4-2)19-15)12-17(21)10-7-13-5-8-14(18)9-6-13/h5-6,8-9,11H,3-4,7,10,12,18H2,1-2H3. The van der Waals surface area contributed by atoms with Gasteiger partial charge in [-0.3, -0.25) is 9.48 Å². The summed E-state index contributed by atoms with van der Waals surface area (Å²) in [6.45, 7) is 4.93. The van der Waals surface area contributed by atoms with Crippen molar-refractivity contribution >= 4 is 11.5 Å². The normalized spacial score (nSPS) is 10.8. The van der Waals surface area contributed by atoms with Crippen LogP contribution in [0.3, 0.4) is 0 Å². The molecule has 0 aliphatic carbocycles. The van der Waals surface area contributed by atoms with Crippen molar-refractivity contribution in [3.8, 4) is 0 Å². The van der Waals surface area contributed by atoms with E-state index in [1.165, 1.54) is 0 Å². The number of hydrogen-bond acceptors (Lipinski definition) is 3. The molecule has 21 heavy (non-hydrogen) atoms. The second-order valence-corrected chi connectivity index (χ2v) is 5.25. The SMILES string of the molecule is CCc1cc(CC(=O)CCc2ccc(N)cc2)n(CC)n1. The predicted octanol–water partition coefficient (Wildman–Crippen LogP) is 2.79. The van der Waals surface area contributed by atoms with Crippen LogP contribution in [0.2, 0.25) is 0 Å². The number of carbonyl (C=O) groups is 1. The molecule has 4 nitrogen and oxygen atoms in total. The van der Waals surface area contributed by atoms with Crippen LogP contribution in [0.15, 0.2) is 30.3 Å². The molecule has 0 amide bonds. The van der Waals surface area contributed by atoms with Crippen LogP contribution in [0.1, 0.15) is 37.2 Å². The van der Waals surface area contributed by atoms with Crippen molar-refractivity contribution in [3.05, 3.63) is 47.3 Å². The molecule has 0 aliphatic rings. The zero-order valence-electron chi connectivity index (χ0n) is 12.8. The summed E-state index contributed by atoms with van der Waals surface area (Å²) in [7, 11) is 0. The number of carbonyl (C=O) groups excluding carboxylic acids is 1. The van der Waals surface area contributed by atoms with E-state index in [1.54, 1.807) is 0 Å². The third kappa shape index (κ3) is 4.18. The minimum Gasteiger partial charge on any atom is -0.399 e. The second kappa shape index (κ2) is 7.07. The lowest BCUT2D eigenvalue weighted by Gasteiger charge is -2.04. The zero-order valence-corrected chi connectivity index (χ0v) is 12.8. The van der Waals surface area contributed by atoms with Crippen molar-refractivity contribution < 1.29 is 4.79 Å². The van der Waals surface area contributed by atoms with Crippen molar-refractivity contribution in [3.63, 3.8) is 0 Å². The van der Waals surface area contributed by atoms with Crippen molar-refractivity contribution in [2.45, 2.75) is 46.1 Å². The van der Waals surface area contributed by atoms with Gasteiger partial charge in [-0.15, -0.1) is 0 Å². The molecule has 1 aromatic carbocycles. The Morgan fingerprint density at radius 3 is 2.57 bits per heavy atom. The number of Topliss-reactive ketones (excluding diaryl/α,β-unsaturated/α-hetero) is 1. The highest BCUT2D eigenvalue weighted by Crippen LogP contribution is 2.11. The van der Waals surface area contributed by atoms with Gasteiger partial charge >= 0.3 is 0 Å². The molecule has 0 spiro atoms. The summed E-state index contributed by atoms with van der Waals surface area (Å²) in [5.41, 5.74) is 9.64. The number of aromatic nitrogens is 2. The lowest BCUT2D eigenvalue weighted by Crippen LogP contribution is -2.10. The van der Waals surface area contributed by atoms with Crippen molar-refractivity contribution in [2.24, 2.45) is 0 Å². The molecule has 0 saturated heterocycles. The molecule has 1 aromatic heterocycles. The summed E-state index contributed by atoms with van der Waals surface area (Å²) < 4.78 is 1.93. The molecule has 0 aliphatic heterocycles. The van der Waals surface area contributed by atoms with Gasteiger partial charge in [0.25, 0.3) is 0 Å². The first-order valence-electron chi connectivity index (χ1n) is 7.54. The van der Waals surface area contributed by atoms with Crippen LogP contribution in [-0.4, -0.2) is 15.6 Å². The van der Waals surface area contributed by atoms with Gasteiger partial charge in [-0.1, -0.05) is 19.1 Å². The number of nitrogens with two attached hydrogens (primary N) is 1. The molecule has 0 bridgehead atoms. The lowest BCUT2D eigenvalue weighted by molar-refractivity contribution is -0.118. The Kier molecular flexibility index (Phi) is 5.14. The Labute approximate surface area is 126 Å². The van der Waals surface area contributed by atoms with Gasteiger partial charge in [0, 0.05) is 30.8 Å². The summed E-state index contributed by atoms with van der Waals surface area (Å²) in [4.78, 5) is 12.2. The van der Waals surface area contributed by atoms with Gasteiger partial charge < -0.3 is 5.73 Å². The van der Waals surface area contributed by atoms with Crippen LogP contribution in [0, 0.1) is 0 Å². The van der Waals surface area contributed by atoms with Crippen LogP contribution < -0.4 is 5.73 Å². The summed E-state index contributed by atoms with van der Waals surface area (Å²) in [5, 5.41) is 4.48. The fourth-order valence-corrected chi connectivity index (χ4v) is 2.36. The Balaban J connectivity index is 1.92. The van der Waals surface area contributed by atoms with Gasteiger partial charge in [0.15, 0.2) is 0 Å². The van der Waals surface area contributed by atoms with E-state index < -0.39 is 0 Å². The number of nitrogen functional groups attached to an aromatic ring is 1.